The number of nitrogens with zero attached hydrogens (tertiary/aromatic N) is 2. The molecular weight excluding hydrogens is 434 g/mol. The van der Waals surface area contributed by atoms with Gasteiger partial charge in [-0.1, -0.05) is 12.1 Å². The Bertz CT molecular complexity index is 917. The Morgan fingerprint density at radius 2 is 1.19 bits per heavy atom. The first-order valence-corrected chi connectivity index (χ1v) is 9.66. The molecule has 1 aromatic heterocycles. The van der Waals surface area contributed by atoms with Crippen molar-refractivity contribution in [2.45, 2.75) is 6.54 Å². The first-order chi connectivity index (χ1) is 14.7. The molecule has 154 valence electrons. The zero-order valence-electron chi connectivity index (χ0n) is 16.6. The van der Waals surface area contributed by atoms with Crippen LogP contribution in [0.25, 0.3) is 11.3 Å². The summed E-state index contributed by atoms with van der Waals surface area (Å²) >= 11 is 0. The average Bonchev–Trinajstić information content (AvgIpc) is 3.54. The molecule has 2 aliphatic carbocycles. The summed E-state index contributed by atoms with van der Waals surface area (Å²) in [5, 5.41) is 4.70. The normalized spacial score (nSPS) is 15.9. The fourth-order valence-electron chi connectivity index (χ4n) is 3.16. The third-order valence-corrected chi connectivity index (χ3v) is 4.68. The van der Waals surface area contributed by atoms with Gasteiger partial charge in [-0.25, -0.2) is 8.78 Å². The van der Waals surface area contributed by atoms with Crippen LogP contribution in [0, 0.1) is 75.3 Å². The van der Waals surface area contributed by atoms with Crippen molar-refractivity contribution >= 4 is 0 Å². The van der Waals surface area contributed by atoms with E-state index in [1.54, 1.807) is 24.3 Å². The second kappa shape index (κ2) is 11.6. The van der Waals surface area contributed by atoms with Crippen LogP contribution < -0.4 is 0 Å². The molecule has 5 rings (SSSR count). The topological polar surface area (TPSA) is 17.8 Å². The van der Waals surface area contributed by atoms with Crippen LogP contribution in [0.3, 0.4) is 0 Å². The molecule has 3 aromatic rings. The van der Waals surface area contributed by atoms with Gasteiger partial charge < -0.3 is 0 Å². The molecule has 2 aliphatic rings. The van der Waals surface area contributed by atoms with Gasteiger partial charge in [-0.2, -0.15) is 5.10 Å². The van der Waals surface area contributed by atoms with E-state index in [-0.39, 0.29) is 28.7 Å². The van der Waals surface area contributed by atoms with E-state index in [1.807, 2.05) is 68.5 Å². The molecule has 5 heteroatoms. The van der Waals surface area contributed by atoms with E-state index < -0.39 is 0 Å². The number of aromatic nitrogens is 2. The van der Waals surface area contributed by atoms with Gasteiger partial charge in [0.2, 0.25) is 0 Å². The van der Waals surface area contributed by atoms with Crippen LogP contribution in [0.4, 0.5) is 8.78 Å². The molecule has 1 heterocycles. The summed E-state index contributed by atoms with van der Waals surface area (Å²) in [6.45, 7) is 0.508. The van der Waals surface area contributed by atoms with Gasteiger partial charge in [0, 0.05) is 11.5 Å². The molecule has 2 saturated carbocycles. The van der Waals surface area contributed by atoms with Crippen LogP contribution >= 0.6 is 0 Å². The van der Waals surface area contributed by atoms with Gasteiger partial charge in [-0.15, -0.1) is 0 Å². The molecule has 0 N–H and O–H groups in total. The molecule has 2 aromatic carbocycles. The summed E-state index contributed by atoms with van der Waals surface area (Å²) in [5.41, 5.74) is 3.57. The van der Waals surface area contributed by atoms with Crippen molar-refractivity contribution in [1.29, 1.82) is 0 Å². The number of hydrogen-bond acceptors (Lipinski definition) is 1. The summed E-state index contributed by atoms with van der Waals surface area (Å²) in [6, 6.07) is 14.7. The van der Waals surface area contributed by atoms with Gasteiger partial charge in [0.25, 0.3) is 0 Å². The monoisotopic (exact) mass is 454 g/mol. The van der Waals surface area contributed by atoms with E-state index >= 15 is 0 Å². The Morgan fingerprint density at radius 3 is 1.74 bits per heavy atom. The van der Waals surface area contributed by atoms with Gasteiger partial charge in [-0.3, -0.25) is 4.68 Å². The number of benzene rings is 2. The predicted molar refractivity (Wildman–Crippen MR) is 114 cm³/mol. The van der Waals surface area contributed by atoms with Crippen molar-refractivity contribution < 1.29 is 25.8 Å². The fraction of sp³-hybridized carbons (Fsp3) is 0.0385. The van der Waals surface area contributed by atoms with E-state index in [4.69, 9.17) is 5.10 Å². The maximum absolute atomic E-state index is 13.3. The van der Waals surface area contributed by atoms with Crippen molar-refractivity contribution in [3.8, 4) is 11.3 Å². The molecule has 10 radical (unpaired) electrons. The molecular formula is C26H20F2FeN2+2. The summed E-state index contributed by atoms with van der Waals surface area (Å²) in [4.78, 5) is 0. The van der Waals surface area contributed by atoms with Gasteiger partial charge in [0.15, 0.2) is 0 Å². The number of rotatable bonds is 4. The first kappa shape index (κ1) is 23.7. The second-order valence-electron chi connectivity index (χ2n) is 6.84. The maximum Gasteiger partial charge on any atom is 2.00 e. The molecule has 0 amide bonds. The summed E-state index contributed by atoms with van der Waals surface area (Å²) < 4.78 is 28.3. The second-order valence-corrected chi connectivity index (χ2v) is 6.84. The zero-order valence-corrected chi connectivity index (χ0v) is 17.7. The Kier molecular flexibility index (Phi) is 8.86. The molecule has 2 fully saturated rings. The summed E-state index contributed by atoms with van der Waals surface area (Å²) in [5.74, 6) is 0.492. The fourth-order valence-corrected chi connectivity index (χ4v) is 3.16. The third-order valence-electron chi connectivity index (χ3n) is 4.68. The van der Waals surface area contributed by atoms with Crippen molar-refractivity contribution in [3.05, 3.63) is 141 Å². The summed E-state index contributed by atoms with van der Waals surface area (Å²) in [6.07, 6.45) is 17.9. The van der Waals surface area contributed by atoms with Crippen LogP contribution in [-0.4, -0.2) is 9.78 Å². The SMILES string of the molecule is Fc1ccc(Cn2nc([C]3[CH][CH][CH][CH]3)cc2-c2ccc(F)cc2)cc1.[CH]1[CH][CH][CH][CH]1.[Fe+2]. The van der Waals surface area contributed by atoms with Gasteiger partial charge in [0.1, 0.15) is 11.6 Å². The molecule has 0 aliphatic heterocycles. The largest absolute Gasteiger partial charge is 2.00 e. The van der Waals surface area contributed by atoms with Crippen LogP contribution in [0.1, 0.15) is 11.3 Å². The van der Waals surface area contributed by atoms with Crippen LogP contribution in [-0.2, 0) is 23.6 Å². The van der Waals surface area contributed by atoms with Crippen LogP contribution in [0.15, 0.2) is 54.6 Å². The van der Waals surface area contributed by atoms with Crippen LogP contribution in [0.5, 0.6) is 0 Å². The van der Waals surface area contributed by atoms with Crippen molar-refractivity contribution in [2.24, 2.45) is 0 Å². The molecule has 0 unspecified atom stereocenters. The molecule has 0 spiro atoms. The number of halogens is 2. The van der Waals surface area contributed by atoms with Crippen LogP contribution in [0.2, 0.25) is 0 Å². The standard InChI is InChI=1S/C21H15F2N2.C5H5.Fe/c22-18-9-5-15(6-10-18)14-25-21(17-7-11-19(23)12-8-17)13-20(24-25)16-3-1-2-4-16;1-2-4-5-3-1;/h1-13H,14H2;1-5H;/q;;+2. The Labute approximate surface area is 194 Å². The molecule has 0 atom stereocenters. The van der Waals surface area contributed by atoms with Gasteiger partial charge in [0.05, 0.1) is 17.9 Å². The van der Waals surface area contributed by atoms with Gasteiger partial charge >= 0.3 is 17.1 Å². The molecule has 0 saturated heterocycles. The Hall–Kier alpha value is -1.97. The van der Waals surface area contributed by atoms with E-state index in [0.29, 0.717) is 6.54 Å². The number of hydrogen-bond donors (Lipinski definition) is 0. The van der Waals surface area contributed by atoms with Crippen molar-refractivity contribution in [3.63, 3.8) is 0 Å². The summed E-state index contributed by atoms with van der Waals surface area (Å²) in [7, 11) is 0. The molecule has 31 heavy (non-hydrogen) atoms. The smallest absolute Gasteiger partial charge is 0.260 e. The van der Waals surface area contributed by atoms with Gasteiger partial charge in [-0.05, 0) is 106 Å². The average molecular weight is 454 g/mol. The van der Waals surface area contributed by atoms with Crippen molar-refractivity contribution in [2.75, 3.05) is 0 Å². The van der Waals surface area contributed by atoms with Crippen molar-refractivity contribution in [1.82, 2.24) is 9.78 Å². The van der Waals surface area contributed by atoms with E-state index in [0.717, 1.165) is 28.4 Å². The predicted octanol–water partition coefficient (Wildman–Crippen LogP) is 5.65. The maximum atomic E-state index is 13.3. The van der Waals surface area contributed by atoms with E-state index in [9.17, 15) is 8.78 Å². The zero-order chi connectivity index (χ0) is 20.8. The minimum Gasteiger partial charge on any atom is -0.260 e. The Morgan fingerprint density at radius 1 is 0.677 bits per heavy atom. The Balaban J connectivity index is 0.000000401. The molecule has 2 nitrogen and oxygen atoms in total. The third kappa shape index (κ3) is 6.51. The first-order valence-electron chi connectivity index (χ1n) is 9.66. The minimum absolute atomic E-state index is 0. The molecule has 0 bridgehead atoms. The minimum atomic E-state index is -0.274. The van der Waals surface area contributed by atoms with E-state index in [2.05, 4.69) is 0 Å². The van der Waals surface area contributed by atoms with E-state index in [1.165, 1.54) is 24.3 Å². The quantitative estimate of drug-likeness (QED) is 0.466.